The summed E-state index contributed by atoms with van der Waals surface area (Å²) in [5.74, 6) is 0. The van der Waals surface area contributed by atoms with Crippen LogP contribution >= 0.6 is 0 Å². The van der Waals surface area contributed by atoms with E-state index >= 15 is 0 Å². The molecule has 1 aliphatic heterocycles. The molecule has 0 fully saturated rings. The summed E-state index contributed by atoms with van der Waals surface area (Å²) in [4.78, 5) is 0. The molecule has 0 amide bonds. The first-order chi connectivity index (χ1) is 8.96. The van der Waals surface area contributed by atoms with Gasteiger partial charge in [-0.1, -0.05) is 59.3 Å². The maximum atomic E-state index is 6.53. The van der Waals surface area contributed by atoms with Gasteiger partial charge in [-0.25, -0.2) is 0 Å². The molecule has 0 bridgehead atoms. The molecule has 19 heavy (non-hydrogen) atoms. The van der Waals surface area contributed by atoms with Crippen molar-refractivity contribution in [2.45, 2.75) is 77.2 Å². The van der Waals surface area contributed by atoms with E-state index in [0.29, 0.717) is 11.1 Å². The quantitative estimate of drug-likeness (QED) is 0.506. The molecule has 0 N–H and O–H groups in total. The van der Waals surface area contributed by atoms with Gasteiger partial charge >= 0.3 is 8.56 Å². The zero-order valence-corrected chi connectivity index (χ0v) is 14.2. The number of rotatable bonds is 6. The minimum atomic E-state index is -2.20. The van der Waals surface area contributed by atoms with Gasteiger partial charge in [-0.3, -0.25) is 0 Å². The first-order valence-electron chi connectivity index (χ1n) is 7.61. The lowest BCUT2D eigenvalue weighted by Crippen LogP contribution is -2.51. The van der Waals surface area contributed by atoms with E-state index in [4.69, 9.17) is 8.85 Å². The topological polar surface area (TPSA) is 18.5 Å². The summed E-state index contributed by atoms with van der Waals surface area (Å²) >= 11 is 0. The minimum absolute atomic E-state index is 0.135. The summed E-state index contributed by atoms with van der Waals surface area (Å²) in [5.41, 5.74) is 0.915. The Morgan fingerprint density at radius 1 is 1.11 bits per heavy atom. The molecule has 0 aromatic rings. The van der Waals surface area contributed by atoms with Gasteiger partial charge in [0.1, 0.15) is 0 Å². The molecule has 0 spiro atoms. The standard InChI is InChI=1S/C16H30O2Si/c1-7-9-15-11-12-16(10-8-2)18-19(17-15,13(3)4)14(5)6/h7,11-16H,1,8-10H2,2-6H3/t15-,16+/m1/s1. The molecule has 3 heteroatoms. The van der Waals surface area contributed by atoms with Crippen LogP contribution < -0.4 is 0 Å². The van der Waals surface area contributed by atoms with Crippen LogP contribution in [0.5, 0.6) is 0 Å². The smallest absolute Gasteiger partial charge is 0.344 e. The molecule has 0 aromatic heterocycles. The van der Waals surface area contributed by atoms with E-state index in [1.165, 1.54) is 0 Å². The lowest BCUT2D eigenvalue weighted by atomic mass is 10.1. The summed E-state index contributed by atoms with van der Waals surface area (Å²) < 4.78 is 13.0. The van der Waals surface area contributed by atoms with Crippen molar-refractivity contribution in [1.82, 2.24) is 0 Å². The minimum Gasteiger partial charge on any atom is -0.387 e. The molecular weight excluding hydrogens is 252 g/mol. The fraction of sp³-hybridized carbons (Fsp3) is 0.750. The van der Waals surface area contributed by atoms with Gasteiger partial charge in [0, 0.05) is 0 Å². The Labute approximate surface area is 120 Å². The molecule has 0 aliphatic carbocycles. The van der Waals surface area contributed by atoms with Crippen molar-refractivity contribution in [2.75, 3.05) is 0 Å². The second-order valence-electron chi connectivity index (χ2n) is 6.04. The third-order valence-electron chi connectivity index (χ3n) is 3.79. The SMILES string of the molecule is C=CC[C@@H]1C=C[C@H](CCC)O[Si](C(C)C)(C(C)C)O1. The van der Waals surface area contributed by atoms with Crippen molar-refractivity contribution in [3.63, 3.8) is 0 Å². The van der Waals surface area contributed by atoms with E-state index in [0.717, 1.165) is 19.3 Å². The first-order valence-corrected chi connectivity index (χ1v) is 9.58. The maximum absolute atomic E-state index is 6.53. The summed E-state index contributed by atoms with van der Waals surface area (Å²) in [6.07, 6.45) is 9.77. The molecule has 1 aliphatic rings. The van der Waals surface area contributed by atoms with Crippen molar-refractivity contribution in [1.29, 1.82) is 0 Å². The molecule has 1 heterocycles. The summed E-state index contributed by atoms with van der Waals surface area (Å²) in [5, 5.41) is 0. The summed E-state index contributed by atoms with van der Waals surface area (Å²) in [7, 11) is -2.20. The Morgan fingerprint density at radius 2 is 1.63 bits per heavy atom. The third-order valence-corrected chi connectivity index (χ3v) is 8.35. The van der Waals surface area contributed by atoms with Gasteiger partial charge in [-0.15, -0.1) is 6.58 Å². The van der Waals surface area contributed by atoms with Crippen molar-refractivity contribution >= 4 is 8.56 Å². The van der Waals surface area contributed by atoms with Crippen LogP contribution in [-0.4, -0.2) is 20.8 Å². The predicted octanol–water partition coefficient (Wildman–Crippen LogP) is 4.97. The van der Waals surface area contributed by atoms with Crippen LogP contribution in [0, 0.1) is 0 Å². The monoisotopic (exact) mass is 282 g/mol. The van der Waals surface area contributed by atoms with E-state index in [2.05, 4.69) is 53.3 Å². The van der Waals surface area contributed by atoms with Crippen LogP contribution in [0.25, 0.3) is 0 Å². The van der Waals surface area contributed by atoms with E-state index in [1.807, 2.05) is 6.08 Å². The average molecular weight is 282 g/mol. The average Bonchev–Trinajstić information content (AvgIpc) is 2.51. The van der Waals surface area contributed by atoms with Gasteiger partial charge < -0.3 is 8.85 Å². The van der Waals surface area contributed by atoms with Crippen molar-refractivity contribution in [3.05, 3.63) is 24.8 Å². The molecule has 0 saturated carbocycles. The lowest BCUT2D eigenvalue weighted by molar-refractivity contribution is 0.109. The molecular formula is C16H30O2Si. The normalized spacial score (nSPS) is 26.7. The van der Waals surface area contributed by atoms with Crippen LogP contribution in [0.1, 0.15) is 53.9 Å². The largest absolute Gasteiger partial charge is 0.387 e. The molecule has 110 valence electrons. The van der Waals surface area contributed by atoms with Crippen LogP contribution in [0.2, 0.25) is 11.1 Å². The highest BCUT2D eigenvalue weighted by molar-refractivity contribution is 6.70. The summed E-state index contributed by atoms with van der Waals surface area (Å²) in [6, 6.07) is 0. The molecule has 0 radical (unpaired) electrons. The van der Waals surface area contributed by atoms with E-state index < -0.39 is 8.56 Å². The fourth-order valence-corrected chi connectivity index (χ4v) is 6.56. The lowest BCUT2D eigenvalue weighted by Gasteiger charge is -2.40. The predicted molar refractivity (Wildman–Crippen MR) is 84.6 cm³/mol. The van der Waals surface area contributed by atoms with E-state index in [1.54, 1.807) is 0 Å². The molecule has 0 aromatic carbocycles. The van der Waals surface area contributed by atoms with E-state index in [-0.39, 0.29) is 12.2 Å². The van der Waals surface area contributed by atoms with Gasteiger partial charge in [0.2, 0.25) is 0 Å². The molecule has 0 saturated heterocycles. The van der Waals surface area contributed by atoms with Crippen LogP contribution in [0.15, 0.2) is 24.8 Å². The highest BCUT2D eigenvalue weighted by Gasteiger charge is 2.48. The Bertz CT molecular complexity index is 302. The number of hydrogen-bond acceptors (Lipinski definition) is 2. The first kappa shape index (κ1) is 16.7. The highest BCUT2D eigenvalue weighted by atomic mass is 28.4. The maximum Gasteiger partial charge on any atom is 0.344 e. The molecule has 2 nitrogen and oxygen atoms in total. The molecule has 1 rings (SSSR count). The fourth-order valence-electron chi connectivity index (χ4n) is 2.77. The molecule has 0 unspecified atom stereocenters. The van der Waals surface area contributed by atoms with Gasteiger partial charge in [-0.05, 0) is 23.9 Å². The zero-order valence-electron chi connectivity index (χ0n) is 13.2. The Balaban J connectivity index is 3.03. The summed E-state index contributed by atoms with van der Waals surface area (Å²) in [6.45, 7) is 15.0. The van der Waals surface area contributed by atoms with Crippen LogP contribution in [-0.2, 0) is 8.85 Å². The Hall–Kier alpha value is -0.383. The van der Waals surface area contributed by atoms with Crippen molar-refractivity contribution < 1.29 is 8.85 Å². The van der Waals surface area contributed by atoms with Crippen molar-refractivity contribution in [3.8, 4) is 0 Å². The second-order valence-corrected chi connectivity index (χ2v) is 10.3. The second kappa shape index (κ2) is 7.41. The Morgan fingerprint density at radius 3 is 2.11 bits per heavy atom. The van der Waals surface area contributed by atoms with E-state index in [9.17, 15) is 0 Å². The van der Waals surface area contributed by atoms with Crippen LogP contribution in [0.3, 0.4) is 0 Å². The van der Waals surface area contributed by atoms with Crippen molar-refractivity contribution in [2.24, 2.45) is 0 Å². The van der Waals surface area contributed by atoms with Gasteiger partial charge in [-0.2, -0.15) is 0 Å². The Kier molecular flexibility index (Phi) is 6.50. The van der Waals surface area contributed by atoms with Gasteiger partial charge in [0.25, 0.3) is 0 Å². The van der Waals surface area contributed by atoms with Crippen LogP contribution in [0.4, 0.5) is 0 Å². The van der Waals surface area contributed by atoms with Gasteiger partial charge in [0.15, 0.2) is 0 Å². The van der Waals surface area contributed by atoms with Gasteiger partial charge in [0.05, 0.1) is 12.2 Å². The molecule has 2 atom stereocenters. The zero-order chi connectivity index (χ0) is 14.5. The highest BCUT2D eigenvalue weighted by Crippen LogP contribution is 2.39. The third kappa shape index (κ3) is 4.04. The number of hydrogen-bond donors (Lipinski definition) is 0.